The van der Waals surface area contributed by atoms with Crippen LogP contribution in [-0.4, -0.2) is 21.5 Å². The first-order chi connectivity index (χ1) is 10.1. The van der Waals surface area contributed by atoms with Crippen molar-refractivity contribution < 1.29 is 9.16 Å². The van der Waals surface area contributed by atoms with E-state index in [1.54, 1.807) is 0 Å². The fraction of sp³-hybridized carbons (Fsp3) is 0.895. The number of hydrogen-bond donors (Lipinski definition) is 0. The van der Waals surface area contributed by atoms with Crippen LogP contribution in [0.25, 0.3) is 0 Å². The Kier molecular flexibility index (Phi) is 5.18. The molecule has 0 aliphatic heterocycles. The lowest BCUT2D eigenvalue weighted by atomic mass is 9.66. The summed E-state index contributed by atoms with van der Waals surface area (Å²) >= 11 is 0. The molecular weight excluding hydrogens is 288 g/mol. The highest BCUT2D eigenvalue weighted by Gasteiger charge is 2.46. The average Bonchev–Trinajstić information content (AvgIpc) is 2.56. The summed E-state index contributed by atoms with van der Waals surface area (Å²) in [5, 5.41) is 0.271. The van der Waals surface area contributed by atoms with E-state index in [1.165, 1.54) is 37.9 Å². The van der Waals surface area contributed by atoms with Crippen molar-refractivity contribution in [3.63, 3.8) is 0 Å². The summed E-state index contributed by atoms with van der Waals surface area (Å²) in [6.07, 6.45) is 10.3. The number of rotatable bonds is 3. The van der Waals surface area contributed by atoms with Crippen LogP contribution in [0.2, 0.25) is 18.1 Å². The van der Waals surface area contributed by atoms with Crippen LogP contribution < -0.4 is 0 Å². The minimum absolute atomic E-state index is 0.271. The minimum Gasteiger partial charge on any atom is -0.547 e. The first-order valence-electron chi connectivity index (χ1n) is 9.03. The zero-order valence-corrected chi connectivity index (χ0v) is 16.8. The highest BCUT2D eigenvalue weighted by molar-refractivity contribution is 6.74. The number of fused-ring (bicyclic) bond motifs is 1. The second-order valence-electron chi connectivity index (χ2n) is 9.12. The smallest absolute Gasteiger partial charge is 0.250 e. The van der Waals surface area contributed by atoms with E-state index in [2.05, 4.69) is 46.9 Å². The van der Waals surface area contributed by atoms with Crippen molar-refractivity contribution in [3.8, 4) is 0 Å². The third-order valence-electron chi connectivity index (χ3n) is 6.59. The molecule has 1 fully saturated rings. The molecule has 2 aliphatic carbocycles. The highest BCUT2D eigenvalue weighted by atomic mass is 28.4. The third-order valence-corrected chi connectivity index (χ3v) is 11.0. The molecule has 0 aromatic heterocycles. The Morgan fingerprint density at radius 1 is 1.18 bits per heavy atom. The predicted octanol–water partition coefficient (Wildman–Crippen LogP) is 5.90. The minimum atomic E-state index is -1.71. The van der Waals surface area contributed by atoms with Gasteiger partial charge in [0.25, 0.3) is 0 Å². The largest absolute Gasteiger partial charge is 0.547 e. The summed E-state index contributed by atoms with van der Waals surface area (Å²) in [6.45, 7) is 14.1. The topological polar surface area (TPSA) is 18.5 Å². The van der Waals surface area contributed by atoms with E-state index in [1.807, 2.05) is 7.11 Å². The molecule has 0 saturated heterocycles. The molecule has 1 saturated carbocycles. The van der Waals surface area contributed by atoms with Gasteiger partial charge in [0.05, 0.1) is 11.9 Å². The molecule has 0 heterocycles. The first-order valence-corrected chi connectivity index (χ1v) is 11.9. The van der Waals surface area contributed by atoms with Crippen LogP contribution in [0.15, 0.2) is 11.8 Å². The maximum atomic E-state index is 6.61. The van der Waals surface area contributed by atoms with Gasteiger partial charge in [0.1, 0.15) is 0 Å². The second kappa shape index (κ2) is 6.31. The van der Waals surface area contributed by atoms with Gasteiger partial charge in [0.2, 0.25) is 8.32 Å². The lowest BCUT2D eigenvalue weighted by molar-refractivity contribution is -0.0366. The molecule has 0 radical (unpaired) electrons. The molecule has 22 heavy (non-hydrogen) atoms. The zero-order valence-electron chi connectivity index (χ0n) is 15.8. The van der Waals surface area contributed by atoms with Crippen molar-refractivity contribution in [3.05, 3.63) is 11.8 Å². The third kappa shape index (κ3) is 3.45. The van der Waals surface area contributed by atoms with Crippen molar-refractivity contribution in [1.82, 2.24) is 0 Å². The molecule has 2 nitrogen and oxygen atoms in total. The predicted molar refractivity (Wildman–Crippen MR) is 96.5 cm³/mol. The maximum Gasteiger partial charge on any atom is 0.250 e. The quantitative estimate of drug-likeness (QED) is 0.602. The number of allylic oxidation sites excluding steroid dienone is 2. The van der Waals surface area contributed by atoms with Gasteiger partial charge in [-0.05, 0) is 49.4 Å². The van der Waals surface area contributed by atoms with E-state index in [0.717, 1.165) is 6.42 Å². The van der Waals surface area contributed by atoms with Crippen LogP contribution in [0.1, 0.15) is 66.2 Å². The molecule has 0 aromatic carbocycles. The van der Waals surface area contributed by atoms with Gasteiger partial charge in [0.15, 0.2) is 0 Å². The van der Waals surface area contributed by atoms with Gasteiger partial charge in [-0.1, -0.05) is 40.5 Å². The Morgan fingerprint density at radius 2 is 1.82 bits per heavy atom. The lowest BCUT2D eigenvalue weighted by Gasteiger charge is -2.45. The molecule has 128 valence electrons. The summed E-state index contributed by atoms with van der Waals surface area (Å²) < 4.78 is 12.5. The molecule has 0 bridgehead atoms. The van der Waals surface area contributed by atoms with Crippen molar-refractivity contribution in [2.24, 2.45) is 11.3 Å². The van der Waals surface area contributed by atoms with E-state index in [4.69, 9.17) is 9.16 Å². The second-order valence-corrected chi connectivity index (χ2v) is 13.8. The summed E-state index contributed by atoms with van der Waals surface area (Å²) in [6, 6.07) is 0. The number of ether oxygens (including phenoxy) is 1. The van der Waals surface area contributed by atoms with Crippen LogP contribution in [0.3, 0.4) is 0 Å². The SMILES string of the molecule is CO[C@H]1CCCC[C@@H]2C=C(O[Si](C)(C)C(C)(C)C)CC[C@]12C. The van der Waals surface area contributed by atoms with E-state index < -0.39 is 8.32 Å². The molecule has 2 rings (SSSR count). The van der Waals surface area contributed by atoms with Gasteiger partial charge < -0.3 is 9.16 Å². The maximum absolute atomic E-state index is 6.61. The van der Waals surface area contributed by atoms with Crippen LogP contribution in [0.4, 0.5) is 0 Å². The molecule has 3 atom stereocenters. The van der Waals surface area contributed by atoms with Gasteiger partial charge in [-0.25, -0.2) is 0 Å². The standard InChI is InChI=1S/C19H36O2Si/c1-18(2,3)22(6,7)21-16-12-13-19(4)15(14-16)10-8-9-11-17(19)20-5/h14-15,17H,8-13H2,1-7H3/t15-,17+,19+/m1/s1. The molecule has 0 spiro atoms. The van der Waals surface area contributed by atoms with Crippen molar-refractivity contribution in [2.45, 2.75) is 90.5 Å². The molecule has 0 aromatic rings. The van der Waals surface area contributed by atoms with Gasteiger partial charge >= 0.3 is 0 Å². The van der Waals surface area contributed by atoms with E-state index in [9.17, 15) is 0 Å². The summed E-state index contributed by atoms with van der Waals surface area (Å²) in [4.78, 5) is 0. The lowest BCUT2D eigenvalue weighted by Crippen LogP contribution is -2.44. The molecule has 0 amide bonds. The Bertz CT molecular complexity index is 422. The molecule has 2 aliphatic rings. The molecular formula is C19H36O2Si. The van der Waals surface area contributed by atoms with Crippen molar-refractivity contribution in [2.75, 3.05) is 7.11 Å². The Morgan fingerprint density at radius 3 is 2.41 bits per heavy atom. The van der Waals surface area contributed by atoms with Crippen LogP contribution in [-0.2, 0) is 9.16 Å². The van der Waals surface area contributed by atoms with Crippen LogP contribution in [0, 0.1) is 11.3 Å². The van der Waals surface area contributed by atoms with Crippen LogP contribution in [0.5, 0.6) is 0 Å². The van der Waals surface area contributed by atoms with Gasteiger partial charge in [0, 0.05) is 18.9 Å². The van der Waals surface area contributed by atoms with Gasteiger partial charge in [-0.15, -0.1) is 0 Å². The monoisotopic (exact) mass is 324 g/mol. The Labute approximate surface area is 138 Å². The van der Waals surface area contributed by atoms with Gasteiger partial charge in [-0.2, -0.15) is 0 Å². The van der Waals surface area contributed by atoms with E-state index >= 15 is 0 Å². The first kappa shape index (κ1) is 18.1. The fourth-order valence-corrected chi connectivity index (χ4v) is 5.00. The number of methoxy groups -OCH3 is 1. The Balaban J connectivity index is 2.20. The zero-order chi connectivity index (χ0) is 16.6. The average molecular weight is 325 g/mol. The molecule has 0 unspecified atom stereocenters. The summed E-state index contributed by atoms with van der Waals surface area (Å²) in [5.41, 5.74) is 0.297. The van der Waals surface area contributed by atoms with Crippen LogP contribution >= 0.6 is 0 Å². The Hall–Kier alpha value is -0.283. The van der Waals surface area contributed by atoms with Crippen molar-refractivity contribution >= 4 is 8.32 Å². The van der Waals surface area contributed by atoms with Crippen molar-refractivity contribution in [1.29, 1.82) is 0 Å². The number of hydrogen-bond acceptors (Lipinski definition) is 2. The summed E-state index contributed by atoms with van der Waals surface area (Å²) in [7, 11) is 0.182. The van der Waals surface area contributed by atoms with E-state index in [-0.39, 0.29) is 5.04 Å². The summed E-state index contributed by atoms with van der Waals surface area (Å²) in [5.74, 6) is 1.89. The molecule has 3 heteroatoms. The molecule has 0 N–H and O–H groups in total. The highest BCUT2D eigenvalue weighted by Crippen LogP contribution is 2.50. The van der Waals surface area contributed by atoms with E-state index in [0.29, 0.717) is 17.4 Å². The van der Waals surface area contributed by atoms with Gasteiger partial charge in [-0.3, -0.25) is 0 Å². The normalized spacial score (nSPS) is 33.7. The fourth-order valence-electron chi connectivity index (χ4n) is 3.87.